The Morgan fingerprint density at radius 2 is 2.19 bits per heavy atom. The van der Waals surface area contributed by atoms with Crippen molar-refractivity contribution in [2.75, 3.05) is 6.61 Å². The first kappa shape index (κ1) is 17.6. The molecule has 0 aliphatic carbocycles. The number of nitrogens with zero attached hydrogens (tertiary/aromatic N) is 1. The zero-order valence-electron chi connectivity index (χ0n) is 12.6. The molecule has 118 valence electrons. The van der Waals surface area contributed by atoms with Gasteiger partial charge in [0.2, 0.25) is 0 Å². The molecule has 1 aromatic rings. The maximum Gasteiger partial charge on any atom is 0.326 e. The molecule has 0 aromatic carbocycles. The number of rotatable bonds is 9. The second-order valence-corrected chi connectivity index (χ2v) is 5.73. The van der Waals surface area contributed by atoms with E-state index in [4.69, 9.17) is 9.84 Å². The van der Waals surface area contributed by atoms with Crippen LogP contribution in [0.5, 0.6) is 0 Å². The molecule has 6 nitrogen and oxygen atoms in total. The topological polar surface area (TPSA) is 88.5 Å². The lowest BCUT2D eigenvalue weighted by Gasteiger charge is -2.13. The van der Waals surface area contributed by atoms with Gasteiger partial charge < -0.3 is 15.2 Å². The van der Waals surface area contributed by atoms with Crippen LogP contribution < -0.4 is 5.32 Å². The SMILES string of the molecule is CCCC[C@H](NC(=O)c1cnc(C(C)OCC)s1)C(=O)O. The van der Waals surface area contributed by atoms with Crippen LogP contribution in [0.1, 0.15) is 60.8 Å². The molecule has 21 heavy (non-hydrogen) atoms. The molecule has 0 radical (unpaired) electrons. The number of hydrogen-bond donors (Lipinski definition) is 2. The fraction of sp³-hybridized carbons (Fsp3) is 0.643. The van der Waals surface area contributed by atoms with Gasteiger partial charge in [-0.05, 0) is 20.3 Å². The fourth-order valence-corrected chi connectivity index (χ4v) is 2.62. The predicted molar refractivity (Wildman–Crippen MR) is 80.6 cm³/mol. The van der Waals surface area contributed by atoms with Crippen molar-refractivity contribution in [3.8, 4) is 0 Å². The number of amides is 1. The van der Waals surface area contributed by atoms with Crippen LogP contribution in [-0.2, 0) is 9.53 Å². The molecule has 0 saturated heterocycles. The summed E-state index contributed by atoms with van der Waals surface area (Å²) < 4.78 is 5.42. The van der Waals surface area contributed by atoms with Crippen LogP contribution in [0.25, 0.3) is 0 Å². The third-order valence-electron chi connectivity index (χ3n) is 2.96. The van der Waals surface area contributed by atoms with Crippen molar-refractivity contribution in [1.82, 2.24) is 10.3 Å². The van der Waals surface area contributed by atoms with Crippen LogP contribution in [0.3, 0.4) is 0 Å². The number of aromatic nitrogens is 1. The van der Waals surface area contributed by atoms with E-state index in [0.29, 0.717) is 22.9 Å². The monoisotopic (exact) mass is 314 g/mol. The van der Waals surface area contributed by atoms with E-state index in [1.807, 2.05) is 20.8 Å². The van der Waals surface area contributed by atoms with Gasteiger partial charge in [0.15, 0.2) is 0 Å². The van der Waals surface area contributed by atoms with E-state index in [-0.39, 0.29) is 6.10 Å². The molecule has 2 N–H and O–H groups in total. The van der Waals surface area contributed by atoms with Gasteiger partial charge in [0, 0.05) is 6.61 Å². The Morgan fingerprint density at radius 1 is 1.48 bits per heavy atom. The molecule has 0 aliphatic rings. The second-order valence-electron chi connectivity index (χ2n) is 4.67. The lowest BCUT2D eigenvalue weighted by atomic mass is 10.1. The Bertz CT molecular complexity index is 475. The van der Waals surface area contributed by atoms with E-state index in [2.05, 4.69) is 10.3 Å². The average molecular weight is 314 g/mol. The average Bonchev–Trinajstić information content (AvgIpc) is 2.93. The lowest BCUT2D eigenvalue weighted by molar-refractivity contribution is -0.139. The molecule has 1 unspecified atom stereocenters. The molecule has 0 fully saturated rings. The van der Waals surface area contributed by atoms with Crippen molar-refractivity contribution in [2.45, 2.75) is 52.2 Å². The Hall–Kier alpha value is -1.47. The largest absolute Gasteiger partial charge is 0.480 e. The Morgan fingerprint density at radius 3 is 2.76 bits per heavy atom. The number of unbranched alkanes of at least 4 members (excludes halogenated alkanes) is 1. The van der Waals surface area contributed by atoms with E-state index in [1.165, 1.54) is 17.5 Å². The molecular weight excluding hydrogens is 292 g/mol. The second kappa shape index (κ2) is 8.74. The van der Waals surface area contributed by atoms with Crippen LogP contribution in [0.2, 0.25) is 0 Å². The minimum atomic E-state index is -1.01. The molecule has 0 bridgehead atoms. The molecule has 0 saturated carbocycles. The number of carboxylic acid groups (broad SMARTS) is 1. The zero-order chi connectivity index (χ0) is 15.8. The van der Waals surface area contributed by atoms with Crippen LogP contribution in [0, 0.1) is 0 Å². The van der Waals surface area contributed by atoms with Gasteiger partial charge >= 0.3 is 5.97 Å². The molecule has 1 rings (SSSR count). The van der Waals surface area contributed by atoms with Crippen molar-refractivity contribution < 1.29 is 19.4 Å². The summed E-state index contributed by atoms with van der Waals surface area (Å²) in [5.41, 5.74) is 0. The quantitative estimate of drug-likeness (QED) is 0.731. The van der Waals surface area contributed by atoms with Gasteiger partial charge in [-0.15, -0.1) is 11.3 Å². The standard InChI is InChI=1S/C14H22N2O4S/c1-4-6-7-10(14(18)19)16-12(17)11-8-15-13(21-11)9(3)20-5-2/h8-10H,4-7H2,1-3H3,(H,16,17)(H,18,19)/t9?,10-/m0/s1. The first-order valence-corrected chi connectivity index (χ1v) is 7.92. The molecule has 1 aromatic heterocycles. The van der Waals surface area contributed by atoms with Crippen molar-refractivity contribution >= 4 is 23.2 Å². The number of ether oxygens (including phenoxy) is 1. The number of carbonyl (C=O) groups excluding carboxylic acids is 1. The molecule has 1 amide bonds. The third kappa shape index (κ3) is 5.43. The maximum atomic E-state index is 12.1. The molecule has 7 heteroatoms. The molecule has 0 spiro atoms. The van der Waals surface area contributed by atoms with Gasteiger partial charge in [-0.1, -0.05) is 19.8 Å². The summed E-state index contributed by atoms with van der Waals surface area (Å²) >= 11 is 1.23. The third-order valence-corrected chi connectivity index (χ3v) is 4.12. The Balaban J connectivity index is 2.67. The number of thiazole rings is 1. The summed E-state index contributed by atoms with van der Waals surface area (Å²) in [4.78, 5) is 27.8. The number of carbonyl (C=O) groups is 2. The molecular formula is C14H22N2O4S. The van der Waals surface area contributed by atoms with Crippen LogP contribution in [-0.4, -0.2) is 34.6 Å². The minimum Gasteiger partial charge on any atom is -0.480 e. The lowest BCUT2D eigenvalue weighted by Crippen LogP contribution is -2.40. The van der Waals surface area contributed by atoms with Crippen molar-refractivity contribution in [1.29, 1.82) is 0 Å². The van der Waals surface area contributed by atoms with Crippen molar-refractivity contribution in [3.63, 3.8) is 0 Å². The summed E-state index contributed by atoms with van der Waals surface area (Å²) in [5.74, 6) is -1.41. The van der Waals surface area contributed by atoms with Crippen molar-refractivity contribution in [3.05, 3.63) is 16.1 Å². The normalized spacial score (nSPS) is 13.7. The molecule has 2 atom stereocenters. The molecule has 0 aliphatic heterocycles. The predicted octanol–water partition coefficient (Wildman–Crippen LogP) is 2.61. The van der Waals surface area contributed by atoms with E-state index < -0.39 is 17.9 Å². The molecule has 1 heterocycles. The highest BCUT2D eigenvalue weighted by atomic mass is 32.1. The van der Waals surface area contributed by atoms with Crippen LogP contribution in [0.15, 0.2) is 6.20 Å². The van der Waals surface area contributed by atoms with E-state index in [1.54, 1.807) is 0 Å². The van der Waals surface area contributed by atoms with Gasteiger partial charge in [-0.3, -0.25) is 4.79 Å². The van der Waals surface area contributed by atoms with Crippen LogP contribution in [0.4, 0.5) is 0 Å². The zero-order valence-corrected chi connectivity index (χ0v) is 13.4. The summed E-state index contributed by atoms with van der Waals surface area (Å²) in [6.45, 7) is 6.31. The smallest absolute Gasteiger partial charge is 0.326 e. The minimum absolute atomic E-state index is 0.170. The Kier molecular flexibility index (Phi) is 7.31. The van der Waals surface area contributed by atoms with E-state index >= 15 is 0 Å². The van der Waals surface area contributed by atoms with Crippen LogP contribution >= 0.6 is 11.3 Å². The number of aliphatic carboxylic acids is 1. The highest BCUT2D eigenvalue weighted by molar-refractivity contribution is 7.13. The number of nitrogens with one attached hydrogen (secondary N) is 1. The van der Waals surface area contributed by atoms with E-state index in [9.17, 15) is 9.59 Å². The summed E-state index contributed by atoms with van der Waals surface area (Å²) in [5, 5.41) is 12.4. The van der Waals surface area contributed by atoms with Crippen molar-refractivity contribution in [2.24, 2.45) is 0 Å². The first-order valence-electron chi connectivity index (χ1n) is 7.10. The Labute approximate surface area is 128 Å². The van der Waals surface area contributed by atoms with Gasteiger partial charge in [0.05, 0.1) is 6.20 Å². The highest BCUT2D eigenvalue weighted by Crippen LogP contribution is 2.22. The summed E-state index contributed by atoms with van der Waals surface area (Å²) in [6.07, 6.45) is 3.36. The number of carboxylic acids is 1. The van der Waals surface area contributed by atoms with Gasteiger partial charge in [0.25, 0.3) is 5.91 Å². The van der Waals surface area contributed by atoms with E-state index in [0.717, 1.165) is 12.8 Å². The van der Waals surface area contributed by atoms with Gasteiger partial charge in [-0.2, -0.15) is 0 Å². The van der Waals surface area contributed by atoms with Gasteiger partial charge in [0.1, 0.15) is 22.0 Å². The fourth-order valence-electron chi connectivity index (χ4n) is 1.80. The van der Waals surface area contributed by atoms with Gasteiger partial charge in [-0.25, -0.2) is 9.78 Å². The first-order chi connectivity index (χ1) is 9.99. The number of hydrogen-bond acceptors (Lipinski definition) is 5. The summed E-state index contributed by atoms with van der Waals surface area (Å²) in [7, 11) is 0. The highest BCUT2D eigenvalue weighted by Gasteiger charge is 2.22. The maximum absolute atomic E-state index is 12.1. The summed E-state index contributed by atoms with van der Waals surface area (Å²) in [6, 6.07) is -0.854.